The maximum Gasteiger partial charge on any atom is -0.0222 e. The highest BCUT2D eigenvalue weighted by Gasteiger charge is 1.94. The Kier molecular flexibility index (Phi) is 4.65. The van der Waals surface area contributed by atoms with E-state index in [0.29, 0.717) is 5.92 Å². The van der Waals surface area contributed by atoms with Gasteiger partial charge in [-0.1, -0.05) is 44.7 Å². The molecule has 0 aliphatic rings. The molecule has 0 fully saturated rings. The standard InChI is InChI=1S/C10H16/c1-5-7-8-10(6-2)9(3)4/h5-9H,1H2,2-4H3/b8-7-,10-6-. The van der Waals surface area contributed by atoms with Crippen LogP contribution < -0.4 is 0 Å². The zero-order valence-corrected chi connectivity index (χ0v) is 7.09. The van der Waals surface area contributed by atoms with E-state index in [0.717, 1.165) is 0 Å². The summed E-state index contributed by atoms with van der Waals surface area (Å²) < 4.78 is 0. The van der Waals surface area contributed by atoms with Gasteiger partial charge in [0.25, 0.3) is 0 Å². The molecule has 0 heteroatoms. The lowest BCUT2D eigenvalue weighted by Gasteiger charge is -2.03. The molecule has 0 heterocycles. The average Bonchev–Trinajstić information content (AvgIpc) is 1.89. The minimum Gasteiger partial charge on any atom is -0.0991 e. The Morgan fingerprint density at radius 3 is 2.30 bits per heavy atom. The molecule has 0 rings (SSSR count). The van der Waals surface area contributed by atoms with Crippen molar-refractivity contribution in [2.45, 2.75) is 20.8 Å². The lowest BCUT2D eigenvalue weighted by atomic mass is 10.0. The van der Waals surface area contributed by atoms with Crippen LogP contribution in [0.2, 0.25) is 0 Å². The Morgan fingerprint density at radius 1 is 1.40 bits per heavy atom. The summed E-state index contributed by atoms with van der Waals surface area (Å²) in [5, 5.41) is 0. The van der Waals surface area contributed by atoms with E-state index in [9.17, 15) is 0 Å². The number of hydrogen-bond donors (Lipinski definition) is 0. The van der Waals surface area contributed by atoms with Crippen molar-refractivity contribution in [2.75, 3.05) is 0 Å². The molecule has 0 aromatic heterocycles. The van der Waals surface area contributed by atoms with E-state index in [1.54, 1.807) is 6.08 Å². The van der Waals surface area contributed by atoms with E-state index in [2.05, 4.69) is 39.5 Å². The van der Waals surface area contributed by atoms with Crippen molar-refractivity contribution in [3.8, 4) is 0 Å². The van der Waals surface area contributed by atoms with E-state index in [4.69, 9.17) is 0 Å². The van der Waals surface area contributed by atoms with E-state index in [1.807, 2.05) is 6.08 Å². The van der Waals surface area contributed by atoms with Gasteiger partial charge >= 0.3 is 0 Å². The van der Waals surface area contributed by atoms with Gasteiger partial charge in [-0.25, -0.2) is 0 Å². The van der Waals surface area contributed by atoms with Crippen molar-refractivity contribution in [2.24, 2.45) is 5.92 Å². The molecule has 0 atom stereocenters. The first-order valence-corrected chi connectivity index (χ1v) is 3.67. The van der Waals surface area contributed by atoms with E-state index in [1.165, 1.54) is 5.57 Å². The number of rotatable bonds is 3. The van der Waals surface area contributed by atoms with Gasteiger partial charge in [0.15, 0.2) is 0 Å². The first-order chi connectivity index (χ1) is 4.72. The van der Waals surface area contributed by atoms with Crippen molar-refractivity contribution < 1.29 is 0 Å². The predicted octanol–water partition coefficient (Wildman–Crippen LogP) is 3.33. The van der Waals surface area contributed by atoms with Gasteiger partial charge in [-0.05, 0) is 18.4 Å². The third-order valence-electron chi connectivity index (χ3n) is 1.42. The minimum absolute atomic E-state index is 0.612. The van der Waals surface area contributed by atoms with Crippen molar-refractivity contribution in [1.82, 2.24) is 0 Å². The molecule has 0 saturated heterocycles. The van der Waals surface area contributed by atoms with Crippen molar-refractivity contribution in [3.05, 3.63) is 36.5 Å². The molecule has 0 radical (unpaired) electrons. The summed E-state index contributed by atoms with van der Waals surface area (Å²) in [6.07, 6.45) is 7.99. The molecule has 10 heavy (non-hydrogen) atoms. The summed E-state index contributed by atoms with van der Waals surface area (Å²) in [6, 6.07) is 0. The zero-order chi connectivity index (χ0) is 7.98. The van der Waals surface area contributed by atoms with Gasteiger partial charge in [0.1, 0.15) is 0 Å². The quantitative estimate of drug-likeness (QED) is 0.522. The molecule has 0 aromatic rings. The Bertz CT molecular complexity index is 147. The topological polar surface area (TPSA) is 0 Å². The molecule has 0 saturated carbocycles. The van der Waals surface area contributed by atoms with E-state index < -0.39 is 0 Å². The van der Waals surface area contributed by atoms with Gasteiger partial charge in [0.2, 0.25) is 0 Å². The van der Waals surface area contributed by atoms with Crippen molar-refractivity contribution in [3.63, 3.8) is 0 Å². The fourth-order valence-corrected chi connectivity index (χ4v) is 0.801. The molecule has 0 aliphatic carbocycles. The molecule has 0 aliphatic heterocycles. The molecule has 0 N–H and O–H groups in total. The summed E-state index contributed by atoms with van der Waals surface area (Å²) in [5.74, 6) is 0.612. The van der Waals surface area contributed by atoms with Crippen LogP contribution in [-0.2, 0) is 0 Å². The maximum absolute atomic E-state index is 3.61. The SMILES string of the molecule is C=C/C=C\C(=C\C)C(C)C. The highest BCUT2D eigenvalue weighted by molar-refractivity contribution is 5.22. The number of hydrogen-bond acceptors (Lipinski definition) is 0. The Hall–Kier alpha value is -0.780. The second-order valence-corrected chi connectivity index (χ2v) is 2.54. The van der Waals surface area contributed by atoms with E-state index in [-0.39, 0.29) is 0 Å². The predicted molar refractivity (Wildman–Crippen MR) is 47.9 cm³/mol. The third-order valence-corrected chi connectivity index (χ3v) is 1.42. The van der Waals surface area contributed by atoms with Crippen LogP contribution in [0.25, 0.3) is 0 Å². The summed E-state index contributed by atoms with van der Waals surface area (Å²) in [4.78, 5) is 0. The van der Waals surface area contributed by atoms with Gasteiger partial charge in [-0.2, -0.15) is 0 Å². The smallest absolute Gasteiger partial charge is 0.0222 e. The minimum atomic E-state index is 0.612. The fourth-order valence-electron chi connectivity index (χ4n) is 0.801. The second kappa shape index (κ2) is 5.04. The van der Waals surface area contributed by atoms with Crippen LogP contribution in [0.3, 0.4) is 0 Å². The number of allylic oxidation sites excluding steroid dienone is 5. The van der Waals surface area contributed by atoms with Crippen LogP contribution in [0.5, 0.6) is 0 Å². The van der Waals surface area contributed by atoms with Crippen molar-refractivity contribution >= 4 is 0 Å². The first-order valence-electron chi connectivity index (χ1n) is 3.67. The van der Waals surface area contributed by atoms with Gasteiger partial charge in [-0.15, -0.1) is 0 Å². The normalized spacial score (nSPS) is 13.0. The molecule has 0 unspecified atom stereocenters. The van der Waals surface area contributed by atoms with Gasteiger partial charge in [0.05, 0.1) is 0 Å². The second-order valence-electron chi connectivity index (χ2n) is 2.54. The van der Waals surface area contributed by atoms with Crippen LogP contribution in [0.4, 0.5) is 0 Å². The molecule has 0 nitrogen and oxygen atoms in total. The molecular formula is C10H16. The summed E-state index contributed by atoms with van der Waals surface area (Å²) in [6.45, 7) is 10.0. The van der Waals surface area contributed by atoms with Crippen LogP contribution >= 0.6 is 0 Å². The highest BCUT2D eigenvalue weighted by atomic mass is 14.0. The molecule has 0 spiro atoms. The van der Waals surface area contributed by atoms with Crippen LogP contribution in [0, 0.1) is 5.92 Å². The van der Waals surface area contributed by atoms with Crippen molar-refractivity contribution in [1.29, 1.82) is 0 Å². The zero-order valence-electron chi connectivity index (χ0n) is 7.09. The van der Waals surface area contributed by atoms with Gasteiger partial charge in [-0.3, -0.25) is 0 Å². The molecule has 0 bridgehead atoms. The molecule has 56 valence electrons. The largest absolute Gasteiger partial charge is 0.0991 e. The van der Waals surface area contributed by atoms with Gasteiger partial charge < -0.3 is 0 Å². The fraction of sp³-hybridized carbons (Fsp3) is 0.400. The third kappa shape index (κ3) is 3.29. The van der Waals surface area contributed by atoms with Crippen LogP contribution in [0.1, 0.15) is 20.8 Å². The lowest BCUT2D eigenvalue weighted by Crippen LogP contribution is -1.88. The average molecular weight is 136 g/mol. The Morgan fingerprint density at radius 2 is 2.00 bits per heavy atom. The summed E-state index contributed by atoms with van der Waals surface area (Å²) in [7, 11) is 0. The lowest BCUT2D eigenvalue weighted by molar-refractivity contribution is 0.789. The van der Waals surface area contributed by atoms with Gasteiger partial charge in [0, 0.05) is 0 Å². The monoisotopic (exact) mass is 136 g/mol. The molecule has 0 aromatic carbocycles. The van der Waals surface area contributed by atoms with Crippen LogP contribution in [-0.4, -0.2) is 0 Å². The molecular weight excluding hydrogens is 120 g/mol. The first kappa shape index (κ1) is 9.22. The Balaban J connectivity index is 4.10. The van der Waals surface area contributed by atoms with E-state index >= 15 is 0 Å². The summed E-state index contributed by atoms with van der Waals surface area (Å²) in [5.41, 5.74) is 1.36. The Labute approximate surface area is 64.0 Å². The van der Waals surface area contributed by atoms with Crippen LogP contribution in [0.15, 0.2) is 36.5 Å². The maximum atomic E-state index is 3.61. The summed E-state index contributed by atoms with van der Waals surface area (Å²) >= 11 is 0. The molecule has 0 amide bonds. The highest BCUT2D eigenvalue weighted by Crippen LogP contribution is 2.09.